The van der Waals surface area contributed by atoms with Crippen molar-refractivity contribution in [2.24, 2.45) is 0 Å². The molecule has 1 unspecified atom stereocenters. The highest BCUT2D eigenvalue weighted by molar-refractivity contribution is 14.1. The van der Waals surface area contributed by atoms with Gasteiger partial charge < -0.3 is 10.2 Å². The van der Waals surface area contributed by atoms with Gasteiger partial charge in [0.15, 0.2) is 0 Å². The van der Waals surface area contributed by atoms with Gasteiger partial charge in [-0.2, -0.15) is 0 Å². The number of hydrogen-bond donors (Lipinski definition) is 1. The first-order valence-corrected chi connectivity index (χ1v) is 9.46. The van der Waals surface area contributed by atoms with Gasteiger partial charge in [0.25, 0.3) is 5.91 Å². The number of nitrogens with zero attached hydrogens (tertiary/aromatic N) is 1. The summed E-state index contributed by atoms with van der Waals surface area (Å²) in [5, 5.41) is 3.54. The number of benzene rings is 1. The van der Waals surface area contributed by atoms with Crippen molar-refractivity contribution in [3.05, 3.63) is 31.8 Å². The van der Waals surface area contributed by atoms with Crippen LogP contribution in [0.3, 0.4) is 0 Å². The second-order valence-electron chi connectivity index (χ2n) is 5.52. The highest BCUT2D eigenvalue weighted by Gasteiger charge is 2.22. The minimum absolute atomic E-state index is 0.148. The molecule has 1 aromatic rings. The summed E-state index contributed by atoms with van der Waals surface area (Å²) >= 11 is 5.71. The molecule has 0 saturated carbocycles. The third-order valence-corrected chi connectivity index (χ3v) is 5.23. The summed E-state index contributed by atoms with van der Waals surface area (Å²) in [4.78, 5) is 14.9. The molecular formula is C16H22BrIN2O. The molecule has 0 radical (unpaired) electrons. The van der Waals surface area contributed by atoms with Gasteiger partial charge in [-0.05, 0) is 66.6 Å². The highest BCUT2D eigenvalue weighted by atomic mass is 127. The molecule has 1 atom stereocenters. The highest BCUT2D eigenvalue weighted by Crippen LogP contribution is 2.21. The van der Waals surface area contributed by atoms with E-state index in [0.717, 1.165) is 39.7 Å². The lowest BCUT2D eigenvalue weighted by atomic mass is 10.0. The van der Waals surface area contributed by atoms with Gasteiger partial charge in [0.2, 0.25) is 0 Å². The molecular weight excluding hydrogens is 443 g/mol. The van der Waals surface area contributed by atoms with Crippen molar-refractivity contribution < 1.29 is 4.79 Å². The van der Waals surface area contributed by atoms with E-state index in [1.807, 2.05) is 23.1 Å². The Morgan fingerprint density at radius 1 is 1.48 bits per heavy atom. The fourth-order valence-electron chi connectivity index (χ4n) is 2.72. The Morgan fingerprint density at radius 2 is 2.29 bits per heavy atom. The van der Waals surface area contributed by atoms with E-state index in [1.165, 1.54) is 19.3 Å². The SMILES string of the molecule is CCCN(CC1CCCCN1)C(=O)c1cc(Br)ccc1I. The molecule has 1 fully saturated rings. The van der Waals surface area contributed by atoms with Gasteiger partial charge in [-0.3, -0.25) is 4.79 Å². The number of nitrogens with one attached hydrogen (secondary N) is 1. The van der Waals surface area contributed by atoms with Crippen molar-refractivity contribution >= 4 is 44.4 Å². The summed E-state index contributed by atoms with van der Waals surface area (Å²) in [5.41, 5.74) is 0.800. The van der Waals surface area contributed by atoms with Crippen LogP contribution in [0.15, 0.2) is 22.7 Å². The van der Waals surface area contributed by atoms with Crippen LogP contribution in [-0.2, 0) is 0 Å². The molecule has 116 valence electrons. The monoisotopic (exact) mass is 464 g/mol. The van der Waals surface area contributed by atoms with Gasteiger partial charge in [0, 0.05) is 27.2 Å². The molecule has 0 bridgehead atoms. The quantitative estimate of drug-likeness (QED) is 0.666. The zero-order valence-corrected chi connectivity index (χ0v) is 16.1. The molecule has 1 heterocycles. The molecule has 1 aliphatic heterocycles. The van der Waals surface area contributed by atoms with Crippen molar-refractivity contribution in [3.63, 3.8) is 0 Å². The number of rotatable bonds is 5. The minimum Gasteiger partial charge on any atom is -0.337 e. The summed E-state index contributed by atoms with van der Waals surface area (Å²) in [5.74, 6) is 0.148. The van der Waals surface area contributed by atoms with E-state index in [-0.39, 0.29) is 5.91 Å². The van der Waals surface area contributed by atoms with E-state index in [9.17, 15) is 4.79 Å². The molecule has 1 saturated heterocycles. The van der Waals surface area contributed by atoms with Crippen LogP contribution >= 0.6 is 38.5 Å². The number of halogens is 2. The molecule has 1 amide bonds. The second kappa shape index (κ2) is 8.48. The van der Waals surface area contributed by atoms with Crippen molar-refractivity contribution in [1.82, 2.24) is 10.2 Å². The van der Waals surface area contributed by atoms with Crippen LogP contribution in [0, 0.1) is 3.57 Å². The molecule has 1 N–H and O–H groups in total. The van der Waals surface area contributed by atoms with Gasteiger partial charge in [-0.1, -0.05) is 29.3 Å². The van der Waals surface area contributed by atoms with Crippen molar-refractivity contribution in [1.29, 1.82) is 0 Å². The summed E-state index contributed by atoms with van der Waals surface area (Å²) in [6, 6.07) is 6.34. The molecule has 2 rings (SSSR count). The fourth-order valence-corrected chi connectivity index (χ4v) is 3.65. The number of amides is 1. The van der Waals surface area contributed by atoms with Crippen molar-refractivity contribution in [3.8, 4) is 0 Å². The topological polar surface area (TPSA) is 32.3 Å². The number of carbonyl (C=O) groups excluding carboxylic acids is 1. The predicted molar refractivity (Wildman–Crippen MR) is 98.7 cm³/mol. The van der Waals surface area contributed by atoms with Gasteiger partial charge in [0.1, 0.15) is 0 Å². The third kappa shape index (κ3) is 4.93. The zero-order chi connectivity index (χ0) is 15.2. The van der Waals surface area contributed by atoms with Crippen LogP contribution < -0.4 is 5.32 Å². The molecule has 0 aliphatic carbocycles. The first kappa shape index (κ1) is 17.2. The first-order valence-electron chi connectivity index (χ1n) is 7.59. The van der Waals surface area contributed by atoms with E-state index < -0.39 is 0 Å². The number of hydrogen-bond acceptors (Lipinski definition) is 2. The second-order valence-corrected chi connectivity index (χ2v) is 7.60. The summed E-state index contributed by atoms with van der Waals surface area (Å²) in [7, 11) is 0. The molecule has 0 aromatic heterocycles. The molecule has 1 aromatic carbocycles. The van der Waals surface area contributed by atoms with Gasteiger partial charge >= 0.3 is 0 Å². The average molecular weight is 465 g/mol. The number of piperidine rings is 1. The minimum atomic E-state index is 0.148. The maximum Gasteiger partial charge on any atom is 0.255 e. The van der Waals surface area contributed by atoms with E-state index in [0.29, 0.717) is 6.04 Å². The van der Waals surface area contributed by atoms with Crippen molar-refractivity contribution in [2.45, 2.75) is 38.6 Å². The van der Waals surface area contributed by atoms with Gasteiger partial charge in [-0.25, -0.2) is 0 Å². The van der Waals surface area contributed by atoms with Crippen molar-refractivity contribution in [2.75, 3.05) is 19.6 Å². The van der Waals surface area contributed by atoms with Crippen LogP contribution in [0.1, 0.15) is 43.0 Å². The van der Waals surface area contributed by atoms with Crippen LogP contribution in [0.25, 0.3) is 0 Å². The summed E-state index contributed by atoms with van der Waals surface area (Å²) in [6.07, 6.45) is 4.67. The fraction of sp³-hybridized carbons (Fsp3) is 0.562. The Morgan fingerprint density at radius 3 is 2.95 bits per heavy atom. The van der Waals surface area contributed by atoms with E-state index in [1.54, 1.807) is 0 Å². The Labute approximate surface area is 149 Å². The zero-order valence-electron chi connectivity index (χ0n) is 12.4. The lowest BCUT2D eigenvalue weighted by molar-refractivity contribution is 0.0730. The van der Waals surface area contributed by atoms with Gasteiger partial charge in [0.05, 0.1) is 5.56 Å². The smallest absolute Gasteiger partial charge is 0.255 e. The molecule has 3 nitrogen and oxygen atoms in total. The molecule has 21 heavy (non-hydrogen) atoms. The summed E-state index contributed by atoms with van der Waals surface area (Å²) in [6.45, 7) is 4.84. The Hall–Kier alpha value is -0.140. The average Bonchev–Trinajstić information content (AvgIpc) is 2.49. The molecule has 1 aliphatic rings. The Bertz CT molecular complexity index is 489. The molecule has 5 heteroatoms. The lowest BCUT2D eigenvalue weighted by Crippen LogP contribution is -2.46. The van der Waals surface area contributed by atoms with Crippen LogP contribution in [0.4, 0.5) is 0 Å². The molecule has 0 spiro atoms. The van der Waals surface area contributed by atoms with E-state index in [2.05, 4.69) is 50.8 Å². The van der Waals surface area contributed by atoms with Crippen LogP contribution in [0.5, 0.6) is 0 Å². The maximum atomic E-state index is 12.9. The maximum absolute atomic E-state index is 12.9. The normalized spacial score (nSPS) is 18.5. The first-order chi connectivity index (χ1) is 10.1. The van der Waals surface area contributed by atoms with Crippen LogP contribution in [-0.4, -0.2) is 36.5 Å². The van der Waals surface area contributed by atoms with E-state index >= 15 is 0 Å². The lowest BCUT2D eigenvalue weighted by Gasteiger charge is -2.31. The van der Waals surface area contributed by atoms with Crippen LogP contribution in [0.2, 0.25) is 0 Å². The standard InChI is InChI=1S/C16H22BrIN2O/c1-2-9-20(11-13-5-3-4-8-19-13)16(21)14-10-12(17)6-7-15(14)18/h6-7,10,13,19H,2-5,8-9,11H2,1H3. The number of carbonyl (C=O) groups is 1. The third-order valence-electron chi connectivity index (χ3n) is 3.79. The largest absolute Gasteiger partial charge is 0.337 e. The van der Waals surface area contributed by atoms with Gasteiger partial charge in [-0.15, -0.1) is 0 Å². The van der Waals surface area contributed by atoms with E-state index in [4.69, 9.17) is 0 Å². The Balaban J connectivity index is 2.12. The summed E-state index contributed by atoms with van der Waals surface area (Å²) < 4.78 is 1.97. The Kier molecular flexibility index (Phi) is 6.95. The predicted octanol–water partition coefficient (Wildman–Crippen LogP) is 4.05.